The van der Waals surface area contributed by atoms with Gasteiger partial charge in [0.25, 0.3) is 0 Å². The Morgan fingerprint density at radius 3 is 2.67 bits per heavy atom. The van der Waals surface area contributed by atoms with Crippen LogP contribution in [0.3, 0.4) is 0 Å². The van der Waals surface area contributed by atoms with Gasteiger partial charge >= 0.3 is 0 Å². The molecule has 1 aliphatic carbocycles. The molecule has 1 aromatic rings. The van der Waals surface area contributed by atoms with E-state index < -0.39 is 0 Å². The zero-order chi connectivity index (χ0) is 31.2. The number of hydrogen-bond donors (Lipinski definition) is 1. The van der Waals surface area contributed by atoms with E-state index in [0.29, 0.717) is 25.0 Å². The largest absolute Gasteiger partial charge is 0.480 e. The highest BCUT2D eigenvalue weighted by molar-refractivity contribution is 6.25. The van der Waals surface area contributed by atoms with Crippen molar-refractivity contribution < 1.29 is 9.47 Å². The summed E-state index contributed by atoms with van der Waals surface area (Å²) in [6.45, 7) is 15.9. The van der Waals surface area contributed by atoms with Crippen LogP contribution in [-0.2, 0) is 16.0 Å². The minimum atomic E-state index is 0.109. The molecule has 2 aliphatic heterocycles. The monoisotopic (exact) mass is 581 g/mol. The predicted octanol–water partition coefficient (Wildman–Crippen LogP) is 7.84. The Balaban J connectivity index is 0.00000248. The van der Waals surface area contributed by atoms with E-state index in [1.165, 1.54) is 5.56 Å². The third-order valence-electron chi connectivity index (χ3n) is 7.07. The second-order valence-electron chi connectivity index (χ2n) is 10.4. The molecular formula is C36H47N5O2. The molecule has 43 heavy (non-hydrogen) atoms. The van der Waals surface area contributed by atoms with Crippen LogP contribution < -0.4 is 10.2 Å². The lowest BCUT2D eigenvalue weighted by molar-refractivity contribution is 0.187. The second kappa shape index (κ2) is 17.0. The van der Waals surface area contributed by atoms with Crippen LogP contribution in [-0.4, -0.2) is 44.5 Å². The SMILES string of the molecule is C/C=C(\C=C/C(C)C)N1C2=CC(=NC(CC)CCOC)C(NC3=C(OC)N=CCC=C3)=CC2=NCc2ccccc21.C=C. The maximum Gasteiger partial charge on any atom is 0.237 e. The normalized spacial score (nSPS) is 18.2. The molecule has 0 fully saturated rings. The average Bonchev–Trinajstić information content (AvgIpc) is 3.35. The zero-order valence-electron chi connectivity index (χ0n) is 26.6. The van der Waals surface area contributed by atoms with Crippen molar-refractivity contribution >= 4 is 23.3 Å². The number of nitrogens with one attached hydrogen (secondary N) is 1. The van der Waals surface area contributed by atoms with Crippen molar-refractivity contribution in [3.63, 3.8) is 0 Å². The second-order valence-corrected chi connectivity index (χ2v) is 10.4. The molecule has 1 unspecified atom stereocenters. The van der Waals surface area contributed by atoms with Crippen LogP contribution in [0.15, 0.2) is 124 Å². The van der Waals surface area contributed by atoms with Crippen molar-refractivity contribution in [2.75, 3.05) is 25.7 Å². The Hall–Kier alpha value is -4.23. The molecule has 0 saturated carbocycles. The molecule has 0 bridgehead atoms. The molecule has 3 aliphatic rings. The highest BCUT2D eigenvalue weighted by Crippen LogP contribution is 2.35. The van der Waals surface area contributed by atoms with Gasteiger partial charge < -0.3 is 19.7 Å². The molecule has 7 nitrogen and oxygen atoms in total. The molecule has 7 heteroatoms. The van der Waals surface area contributed by atoms with Crippen molar-refractivity contribution in [1.29, 1.82) is 0 Å². The summed E-state index contributed by atoms with van der Waals surface area (Å²) in [7, 11) is 3.38. The number of ether oxygens (including phenoxy) is 2. The molecule has 1 N–H and O–H groups in total. The molecule has 2 heterocycles. The van der Waals surface area contributed by atoms with E-state index in [1.807, 2.05) is 12.3 Å². The first kappa shape index (κ1) is 33.3. The van der Waals surface area contributed by atoms with E-state index in [2.05, 4.69) is 117 Å². The topological polar surface area (TPSA) is 70.8 Å². The summed E-state index contributed by atoms with van der Waals surface area (Å²) in [5.41, 5.74) is 7.78. The van der Waals surface area contributed by atoms with E-state index in [-0.39, 0.29) is 6.04 Å². The van der Waals surface area contributed by atoms with Gasteiger partial charge in [0, 0.05) is 32.0 Å². The lowest BCUT2D eigenvalue weighted by Crippen LogP contribution is -2.32. The molecule has 1 atom stereocenters. The first-order valence-corrected chi connectivity index (χ1v) is 15.0. The van der Waals surface area contributed by atoms with Crippen LogP contribution >= 0.6 is 0 Å². The van der Waals surface area contributed by atoms with Gasteiger partial charge in [0.1, 0.15) is 5.70 Å². The van der Waals surface area contributed by atoms with Crippen LogP contribution in [0.5, 0.6) is 0 Å². The Morgan fingerprint density at radius 1 is 1.19 bits per heavy atom. The summed E-state index contributed by atoms with van der Waals surface area (Å²) in [6.07, 6.45) is 19.3. The third-order valence-corrected chi connectivity index (χ3v) is 7.07. The first-order chi connectivity index (χ1) is 21.0. The van der Waals surface area contributed by atoms with E-state index in [4.69, 9.17) is 19.5 Å². The number of rotatable bonds is 11. The Bertz CT molecular complexity index is 1390. The summed E-state index contributed by atoms with van der Waals surface area (Å²) in [5.74, 6) is 0.963. The van der Waals surface area contributed by atoms with Gasteiger partial charge in [-0.3, -0.25) is 9.98 Å². The number of allylic oxidation sites excluding steroid dienone is 7. The highest BCUT2D eigenvalue weighted by atomic mass is 16.5. The van der Waals surface area contributed by atoms with Crippen molar-refractivity contribution in [1.82, 2.24) is 5.32 Å². The van der Waals surface area contributed by atoms with Crippen molar-refractivity contribution in [2.24, 2.45) is 20.9 Å². The quantitative estimate of drug-likeness (QED) is 0.164. The lowest BCUT2D eigenvalue weighted by atomic mass is 10.0. The fraction of sp³-hybridized carbons (Fsp3) is 0.361. The molecule has 228 valence electrons. The summed E-state index contributed by atoms with van der Waals surface area (Å²) in [4.78, 5) is 17.2. The van der Waals surface area contributed by atoms with Crippen LogP contribution in [0, 0.1) is 5.92 Å². The van der Waals surface area contributed by atoms with E-state index >= 15 is 0 Å². The predicted molar refractivity (Wildman–Crippen MR) is 183 cm³/mol. The van der Waals surface area contributed by atoms with Gasteiger partial charge in [0.15, 0.2) is 0 Å². The molecular weight excluding hydrogens is 534 g/mol. The maximum absolute atomic E-state index is 5.61. The zero-order valence-corrected chi connectivity index (χ0v) is 26.6. The van der Waals surface area contributed by atoms with Crippen molar-refractivity contribution in [3.8, 4) is 0 Å². The summed E-state index contributed by atoms with van der Waals surface area (Å²) >= 11 is 0. The molecule has 0 amide bonds. The van der Waals surface area contributed by atoms with E-state index in [0.717, 1.165) is 59.2 Å². The van der Waals surface area contributed by atoms with Crippen molar-refractivity contribution in [3.05, 3.63) is 114 Å². The molecule has 0 spiro atoms. The molecule has 1 aromatic carbocycles. The average molecular weight is 582 g/mol. The fourth-order valence-corrected chi connectivity index (χ4v) is 4.85. The third kappa shape index (κ3) is 8.64. The van der Waals surface area contributed by atoms with Gasteiger partial charge in [0.05, 0.1) is 48.2 Å². The number of aliphatic imine (C=N–C) groups is 3. The summed E-state index contributed by atoms with van der Waals surface area (Å²) < 4.78 is 11.0. The maximum atomic E-state index is 5.61. The number of nitrogens with zero attached hydrogens (tertiary/aromatic N) is 4. The number of para-hydroxylation sites is 1. The minimum Gasteiger partial charge on any atom is -0.480 e. The van der Waals surface area contributed by atoms with Gasteiger partial charge in [-0.05, 0) is 61.6 Å². The first-order valence-electron chi connectivity index (χ1n) is 15.0. The Labute approximate surface area is 258 Å². The number of methoxy groups -OCH3 is 2. The van der Waals surface area contributed by atoms with Crippen LogP contribution in [0.2, 0.25) is 0 Å². The van der Waals surface area contributed by atoms with Crippen LogP contribution in [0.4, 0.5) is 5.69 Å². The molecule has 0 aromatic heterocycles. The lowest BCUT2D eigenvalue weighted by Gasteiger charge is -2.31. The molecule has 0 radical (unpaired) electrons. The Morgan fingerprint density at radius 2 is 1.98 bits per heavy atom. The Kier molecular flexibility index (Phi) is 13.2. The highest BCUT2D eigenvalue weighted by Gasteiger charge is 2.29. The number of fused-ring (bicyclic) bond motifs is 2. The van der Waals surface area contributed by atoms with Crippen molar-refractivity contribution in [2.45, 2.75) is 59.5 Å². The number of benzene rings is 1. The number of anilines is 1. The van der Waals surface area contributed by atoms with Gasteiger partial charge in [-0.15, -0.1) is 13.2 Å². The summed E-state index contributed by atoms with van der Waals surface area (Å²) in [5, 5.41) is 3.59. The smallest absolute Gasteiger partial charge is 0.237 e. The summed E-state index contributed by atoms with van der Waals surface area (Å²) in [6, 6.07) is 8.61. The van der Waals surface area contributed by atoms with Crippen LogP contribution in [0.1, 0.15) is 52.5 Å². The van der Waals surface area contributed by atoms with Gasteiger partial charge in [-0.2, -0.15) is 0 Å². The molecule has 0 saturated heterocycles. The standard InChI is InChI=1S/C34H43N5O2.C2H4/c1-7-26(18-20-40-5)37-30-22-33-31(21-29(30)38-28-14-11-12-19-35-34(28)41-6)36-23-25-13-9-10-15-32(25)39(33)27(8-2)17-16-24(3)4;1-2/h8-11,13-17,19,21-22,24,26,38H,7,12,18,20,23H2,1-6H3;1-2H2/b17-16-,27-8+,37-30?;. The minimum absolute atomic E-state index is 0.109. The van der Waals surface area contributed by atoms with Gasteiger partial charge in [0.2, 0.25) is 5.88 Å². The number of hydrogen-bond acceptors (Lipinski definition) is 7. The van der Waals surface area contributed by atoms with Crippen LogP contribution in [0.25, 0.3) is 0 Å². The van der Waals surface area contributed by atoms with E-state index in [1.54, 1.807) is 14.2 Å². The molecule has 4 rings (SSSR count). The van der Waals surface area contributed by atoms with E-state index in [9.17, 15) is 0 Å². The van der Waals surface area contributed by atoms with Gasteiger partial charge in [-0.25, -0.2) is 4.99 Å². The van der Waals surface area contributed by atoms with Gasteiger partial charge in [-0.1, -0.05) is 57.2 Å². The fourth-order valence-electron chi connectivity index (χ4n) is 4.85.